The average molecular weight is 916 g/mol. The number of esters is 2. The molecule has 0 radical (unpaired) electrons. The van der Waals surface area contributed by atoms with E-state index in [9.17, 15) is 43.4 Å². The van der Waals surface area contributed by atoms with Gasteiger partial charge in [0.1, 0.15) is 35.5 Å². The number of rotatable bonds is 16. The normalized spacial score (nSPS) is 19.2. The molecule has 22 heteroatoms. The third-order valence-electron chi connectivity index (χ3n) is 9.34. The Balaban J connectivity index is 1.14. The number of benzene rings is 3. The molecule has 5 aromatic rings. The number of aliphatic hydroxyl groups excluding tert-OH is 2. The first kappa shape index (κ1) is 47.4. The molecule has 2 aromatic heterocycles. The SMILES string of the molecule is CC(C)(C)C(=O)Oc1ccc(COP(=O)(OCc2ccc(OC(=O)C(C)(C)C)cc2)OP(=O)(O)OC[C@H]2O[C@@H](n3ccc(=O)n(Cc4noc5ccccc45)c3=O)[C@H](O)[C@@H]2O)cc1. The molecule has 338 valence electrons. The summed E-state index contributed by atoms with van der Waals surface area (Å²) in [6.07, 6.45) is -5.74. The lowest BCUT2D eigenvalue weighted by atomic mass is 9.97. The molecule has 1 aliphatic heterocycles. The van der Waals surface area contributed by atoms with Gasteiger partial charge in [0.2, 0.25) is 0 Å². The molecular weight excluding hydrogens is 868 g/mol. The van der Waals surface area contributed by atoms with Gasteiger partial charge < -0.3 is 33.8 Å². The van der Waals surface area contributed by atoms with Gasteiger partial charge in [-0.25, -0.2) is 13.9 Å². The molecule has 1 aliphatic rings. The monoisotopic (exact) mass is 915 g/mol. The number of para-hydroxylation sites is 1. The Hall–Kier alpha value is -5.11. The van der Waals surface area contributed by atoms with Crippen LogP contribution in [0.3, 0.4) is 0 Å². The Morgan fingerprint density at radius 2 is 1.30 bits per heavy atom. The van der Waals surface area contributed by atoms with Crippen LogP contribution in [-0.4, -0.2) is 66.3 Å². The maximum atomic E-state index is 14.0. The lowest BCUT2D eigenvalue weighted by Gasteiger charge is -2.22. The summed E-state index contributed by atoms with van der Waals surface area (Å²) in [7, 11) is -10.5. The number of hydrogen-bond donors (Lipinski definition) is 3. The predicted molar refractivity (Wildman–Crippen MR) is 221 cm³/mol. The Bertz CT molecular complexity index is 2570. The van der Waals surface area contributed by atoms with Crippen molar-refractivity contribution in [1.29, 1.82) is 0 Å². The van der Waals surface area contributed by atoms with E-state index >= 15 is 0 Å². The quantitative estimate of drug-likeness (QED) is 0.0636. The van der Waals surface area contributed by atoms with Gasteiger partial charge in [0.15, 0.2) is 11.8 Å². The van der Waals surface area contributed by atoms with Gasteiger partial charge >= 0.3 is 33.3 Å². The fourth-order valence-electron chi connectivity index (χ4n) is 5.71. The van der Waals surface area contributed by atoms with Crippen LogP contribution in [0.2, 0.25) is 0 Å². The molecule has 6 rings (SSSR count). The summed E-state index contributed by atoms with van der Waals surface area (Å²) in [6.45, 7) is 7.87. The lowest BCUT2D eigenvalue weighted by molar-refractivity contribution is -0.143. The zero-order valence-corrected chi connectivity index (χ0v) is 36.8. The molecule has 0 spiro atoms. The molecule has 3 aromatic carbocycles. The summed E-state index contributed by atoms with van der Waals surface area (Å²) in [4.78, 5) is 61.8. The molecular formula is C41H47N3O17P2. The first-order valence-electron chi connectivity index (χ1n) is 19.4. The second-order valence-corrected chi connectivity index (χ2v) is 19.8. The molecule has 63 heavy (non-hydrogen) atoms. The summed E-state index contributed by atoms with van der Waals surface area (Å²) in [5.41, 5.74) is -1.78. The van der Waals surface area contributed by atoms with Crippen molar-refractivity contribution in [1.82, 2.24) is 14.3 Å². The smallest absolute Gasteiger partial charge is 0.426 e. The van der Waals surface area contributed by atoms with Crippen molar-refractivity contribution in [3.63, 3.8) is 0 Å². The Morgan fingerprint density at radius 1 is 0.762 bits per heavy atom. The van der Waals surface area contributed by atoms with E-state index < -0.39 is 94.0 Å². The summed E-state index contributed by atoms with van der Waals surface area (Å²) in [6, 6.07) is 19.6. The van der Waals surface area contributed by atoms with E-state index in [0.29, 0.717) is 22.1 Å². The van der Waals surface area contributed by atoms with Gasteiger partial charge in [0, 0.05) is 17.6 Å². The van der Waals surface area contributed by atoms with E-state index in [4.69, 9.17) is 36.6 Å². The Labute approximate surface area is 360 Å². The minimum absolute atomic E-state index is 0.217. The van der Waals surface area contributed by atoms with Crippen molar-refractivity contribution >= 4 is 38.6 Å². The summed E-state index contributed by atoms with van der Waals surface area (Å²) >= 11 is 0. The number of carbonyl (C=O) groups excluding carboxylic acids is 2. The number of hydrogen-bond acceptors (Lipinski definition) is 17. The molecule has 3 heterocycles. The van der Waals surface area contributed by atoms with Gasteiger partial charge in [-0.05, 0) is 89.1 Å². The van der Waals surface area contributed by atoms with Crippen LogP contribution in [0.1, 0.15) is 64.6 Å². The molecule has 0 aliphatic carbocycles. The first-order valence-corrected chi connectivity index (χ1v) is 22.3. The van der Waals surface area contributed by atoms with E-state index in [-0.39, 0.29) is 23.7 Å². The Kier molecular flexibility index (Phi) is 14.2. The van der Waals surface area contributed by atoms with Crippen molar-refractivity contribution < 1.29 is 70.4 Å². The van der Waals surface area contributed by atoms with Crippen molar-refractivity contribution in [3.05, 3.63) is 123 Å². The standard InChI is InChI=1S/C41H47N3O17P2/c1-40(2,3)37(48)57-27-15-11-25(12-16-27)22-55-63(53,56-23-26-13-17-28(18-14-26)58-38(49)41(4,5)6)61-62(51,52)54-24-32-34(46)35(47)36(59-32)43-20-19-33(45)44(39(43)50)21-30-29-9-7-8-10-31(29)60-42-30/h7-20,32,34-36,46-47H,21-24H2,1-6H3,(H,51,52)/t32-,34-,35-,36-/m1/s1. The highest BCUT2D eigenvalue weighted by Crippen LogP contribution is 2.64. The van der Waals surface area contributed by atoms with Crippen molar-refractivity contribution in [2.24, 2.45) is 10.8 Å². The molecule has 3 N–H and O–H groups in total. The van der Waals surface area contributed by atoms with Gasteiger partial charge in [-0.3, -0.25) is 37.1 Å². The zero-order chi connectivity index (χ0) is 45.9. The second kappa shape index (κ2) is 18.9. The second-order valence-electron chi connectivity index (χ2n) is 16.5. The number of phosphoric acid groups is 2. The van der Waals surface area contributed by atoms with E-state index in [1.807, 2.05) is 0 Å². The molecule has 1 saturated heterocycles. The molecule has 5 atom stereocenters. The maximum absolute atomic E-state index is 14.0. The summed E-state index contributed by atoms with van der Waals surface area (Å²) < 4.78 is 71.8. The van der Waals surface area contributed by atoms with Crippen LogP contribution in [0.25, 0.3) is 11.0 Å². The third-order valence-corrected chi connectivity index (χ3v) is 12.3. The summed E-state index contributed by atoms with van der Waals surface area (Å²) in [5.74, 6) is -0.527. The first-order chi connectivity index (χ1) is 29.5. The van der Waals surface area contributed by atoms with Crippen LogP contribution in [0, 0.1) is 10.8 Å². The number of aromatic nitrogens is 3. The molecule has 20 nitrogen and oxygen atoms in total. The van der Waals surface area contributed by atoms with Crippen molar-refractivity contribution in [3.8, 4) is 11.5 Å². The van der Waals surface area contributed by atoms with Crippen LogP contribution in [0.5, 0.6) is 11.5 Å². The molecule has 1 unspecified atom stereocenters. The minimum atomic E-state index is -5.43. The van der Waals surface area contributed by atoms with Gasteiger partial charge in [-0.15, -0.1) is 0 Å². The molecule has 0 bridgehead atoms. The lowest BCUT2D eigenvalue weighted by Crippen LogP contribution is -2.43. The van der Waals surface area contributed by atoms with E-state index in [1.54, 1.807) is 65.8 Å². The topological polar surface area (TPSA) is 264 Å². The van der Waals surface area contributed by atoms with Crippen LogP contribution in [0.4, 0.5) is 0 Å². The molecule has 0 amide bonds. The zero-order valence-electron chi connectivity index (χ0n) is 35.0. The van der Waals surface area contributed by atoms with Crippen molar-refractivity contribution in [2.45, 2.75) is 85.8 Å². The van der Waals surface area contributed by atoms with Crippen LogP contribution in [-0.2, 0) is 61.1 Å². The van der Waals surface area contributed by atoms with E-state index in [1.165, 1.54) is 48.5 Å². The fraction of sp³-hybridized carbons (Fsp3) is 0.390. The van der Waals surface area contributed by atoms with E-state index in [0.717, 1.165) is 21.4 Å². The number of fused-ring (bicyclic) bond motifs is 1. The highest BCUT2D eigenvalue weighted by molar-refractivity contribution is 7.61. The van der Waals surface area contributed by atoms with Crippen LogP contribution in [0.15, 0.2) is 99.2 Å². The number of ether oxygens (including phenoxy) is 3. The maximum Gasteiger partial charge on any atom is 0.484 e. The van der Waals surface area contributed by atoms with Crippen LogP contribution < -0.4 is 20.7 Å². The average Bonchev–Trinajstić information content (AvgIpc) is 3.76. The van der Waals surface area contributed by atoms with Crippen LogP contribution >= 0.6 is 15.6 Å². The predicted octanol–water partition coefficient (Wildman–Crippen LogP) is 5.40. The molecule has 1 fully saturated rings. The number of phosphoric ester groups is 2. The van der Waals surface area contributed by atoms with Gasteiger partial charge in [-0.2, -0.15) is 4.31 Å². The minimum Gasteiger partial charge on any atom is -0.426 e. The fourth-order valence-corrected chi connectivity index (χ4v) is 8.31. The highest BCUT2D eigenvalue weighted by Gasteiger charge is 2.46. The molecule has 0 saturated carbocycles. The van der Waals surface area contributed by atoms with Gasteiger partial charge in [-0.1, -0.05) is 41.6 Å². The Morgan fingerprint density at radius 3 is 1.84 bits per heavy atom. The number of carbonyl (C=O) groups is 2. The van der Waals surface area contributed by atoms with Crippen molar-refractivity contribution in [2.75, 3.05) is 6.61 Å². The largest absolute Gasteiger partial charge is 0.484 e. The van der Waals surface area contributed by atoms with E-state index in [2.05, 4.69) is 5.16 Å². The highest BCUT2D eigenvalue weighted by atomic mass is 31.3. The third kappa shape index (κ3) is 11.9. The van der Waals surface area contributed by atoms with Gasteiger partial charge in [0.05, 0.1) is 37.2 Å². The number of nitrogens with zero attached hydrogens (tertiary/aromatic N) is 3. The van der Waals surface area contributed by atoms with Gasteiger partial charge in [0.25, 0.3) is 5.56 Å². The number of aliphatic hydroxyl groups is 2. The summed E-state index contributed by atoms with van der Waals surface area (Å²) in [5, 5.41) is 26.3.